The van der Waals surface area contributed by atoms with Crippen molar-refractivity contribution >= 4 is 40.5 Å². The SMILES string of the molecule is CCOC(=O)c1nc(C2=C(c3cc(Cl)ccc3OCc3ccc(F)cc3F)CCC2)ccc1SC. The van der Waals surface area contributed by atoms with Crippen molar-refractivity contribution in [3.63, 3.8) is 0 Å². The Morgan fingerprint density at radius 2 is 1.89 bits per heavy atom. The van der Waals surface area contributed by atoms with E-state index in [1.807, 2.05) is 24.5 Å². The highest BCUT2D eigenvalue weighted by molar-refractivity contribution is 7.98. The Morgan fingerprint density at radius 1 is 1.09 bits per heavy atom. The zero-order valence-electron chi connectivity index (χ0n) is 19.4. The molecule has 1 aromatic heterocycles. The second-order valence-corrected chi connectivity index (χ2v) is 9.23. The number of nitrogens with zero attached hydrogens (tertiary/aromatic N) is 1. The fraction of sp³-hybridized carbons (Fsp3) is 0.259. The Bertz CT molecular complexity index is 1300. The van der Waals surface area contributed by atoms with E-state index in [0.717, 1.165) is 46.9 Å². The second-order valence-electron chi connectivity index (χ2n) is 7.94. The highest BCUT2D eigenvalue weighted by Crippen LogP contribution is 2.43. The number of halogens is 3. The van der Waals surface area contributed by atoms with Gasteiger partial charge in [-0.1, -0.05) is 11.6 Å². The molecule has 0 spiro atoms. The van der Waals surface area contributed by atoms with E-state index in [2.05, 4.69) is 4.98 Å². The summed E-state index contributed by atoms with van der Waals surface area (Å²) in [5, 5.41) is 0.539. The molecule has 1 aliphatic rings. The maximum absolute atomic E-state index is 14.1. The monoisotopic (exact) mass is 515 g/mol. The Balaban J connectivity index is 1.72. The van der Waals surface area contributed by atoms with E-state index in [4.69, 9.17) is 21.1 Å². The fourth-order valence-corrected chi connectivity index (χ4v) is 4.81. The Kier molecular flexibility index (Phi) is 8.08. The molecule has 0 saturated heterocycles. The molecule has 0 amide bonds. The van der Waals surface area contributed by atoms with E-state index < -0.39 is 17.6 Å². The van der Waals surface area contributed by atoms with Crippen LogP contribution in [0.25, 0.3) is 11.1 Å². The van der Waals surface area contributed by atoms with Crippen molar-refractivity contribution in [2.45, 2.75) is 37.7 Å². The van der Waals surface area contributed by atoms with E-state index in [1.165, 1.54) is 23.9 Å². The van der Waals surface area contributed by atoms with E-state index in [0.29, 0.717) is 22.2 Å². The number of carbonyl (C=O) groups excluding carboxylic acids is 1. The van der Waals surface area contributed by atoms with Gasteiger partial charge in [0.2, 0.25) is 0 Å². The smallest absolute Gasteiger partial charge is 0.358 e. The minimum atomic E-state index is -0.661. The first-order chi connectivity index (χ1) is 16.9. The molecule has 182 valence electrons. The van der Waals surface area contributed by atoms with Gasteiger partial charge in [0, 0.05) is 27.1 Å². The number of carbonyl (C=O) groups is 1. The molecule has 0 aliphatic heterocycles. The summed E-state index contributed by atoms with van der Waals surface area (Å²) >= 11 is 7.77. The van der Waals surface area contributed by atoms with Crippen molar-refractivity contribution < 1.29 is 23.0 Å². The van der Waals surface area contributed by atoms with Gasteiger partial charge in [0.1, 0.15) is 24.0 Å². The molecule has 0 atom stereocenters. The number of hydrogen-bond donors (Lipinski definition) is 0. The minimum Gasteiger partial charge on any atom is -0.488 e. The lowest BCUT2D eigenvalue weighted by Crippen LogP contribution is -2.10. The first-order valence-corrected chi connectivity index (χ1v) is 12.8. The molecule has 0 bridgehead atoms. The van der Waals surface area contributed by atoms with Gasteiger partial charge in [0.05, 0.1) is 12.3 Å². The number of benzene rings is 2. The molecule has 35 heavy (non-hydrogen) atoms. The summed E-state index contributed by atoms with van der Waals surface area (Å²) in [6.45, 7) is 1.97. The van der Waals surface area contributed by atoms with E-state index in [1.54, 1.807) is 19.1 Å². The number of allylic oxidation sites excluding steroid dienone is 2. The third-order valence-corrected chi connectivity index (χ3v) is 6.74. The third kappa shape index (κ3) is 5.68. The van der Waals surface area contributed by atoms with Crippen LogP contribution >= 0.6 is 23.4 Å². The summed E-state index contributed by atoms with van der Waals surface area (Å²) in [7, 11) is 0. The quantitative estimate of drug-likeness (QED) is 0.228. The first-order valence-electron chi connectivity index (χ1n) is 11.2. The van der Waals surface area contributed by atoms with Gasteiger partial charge in [0.15, 0.2) is 5.69 Å². The molecule has 0 unspecified atom stereocenters. The van der Waals surface area contributed by atoms with Crippen molar-refractivity contribution in [3.05, 3.63) is 87.7 Å². The zero-order chi connectivity index (χ0) is 24.9. The van der Waals surface area contributed by atoms with Crippen LogP contribution in [-0.2, 0) is 11.3 Å². The standard InChI is InChI=1S/C27H24ClF2NO3S/c1-3-33-27(32)26-25(35-2)12-10-23(31-26)20-6-4-5-19(20)21-13-17(28)8-11-24(21)34-15-16-7-9-18(29)14-22(16)30/h7-14H,3-6,15H2,1-2H3. The maximum atomic E-state index is 14.1. The van der Waals surface area contributed by atoms with Gasteiger partial charge in [-0.3, -0.25) is 0 Å². The van der Waals surface area contributed by atoms with Crippen LogP contribution in [0.5, 0.6) is 5.75 Å². The van der Waals surface area contributed by atoms with Crippen LogP contribution in [0.1, 0.15) is 53.5 Å². The van der Waals surface area contributed by atoms with Crippen molar-refractivity contribution in [2.24, 2.45) is 0 Å². The molecule has 1 aliphatic carbocycles. The van der Waals surface area contributed by atoms with Gasteiger partial charge in [-0.15, -0.1) is 11.8 Å². The predicted octanol–water partition coefficient (Wildman–Crippen LogP) is 7.59. The molecule has 3 aromatic rings. The van der Waals surface area contributed by atoms with Crippen molar-refractivity contribution in [1.29, 1.82) is 0 Å². The van der Waals surface area contributed by atoms with Gasteiger partial charge in [0.25, 0.3) is 0 Å². The summed E-state index contributed by atoms with van der Waals surface area (Å²) in [5.41, 5.74) is 4.06. The molecule has 0 N–H and O–H groups in total. The average molecular weight is 516 g/mol. The van der Waals surface area contributed by atoms with Crippen LogP contribution in [0.4, 0.5) is 8.78 Å². The van der Waals surface area contributed by atoms with Gasteiger partial charge in [-0.05, 0) is 86.1 Å². The topological polar surface area (TPSA) is 48.4 Å². The molecular formula is C27H24ClF2NO3S. The Labute approximate surface area is 212 Å². The molecule has 0 radical (unpaired) electrons. The molecule has 0 saturated carbocycles. The van der Waals surface area contributed by atoms with Crippen molar-refractivity contribution in [3.8, 4) is 5.75 Å². The largest absolute Gasteiger partial charge is 0.488 e. The van der Waals surface area contributed by atoms with Crippen LogP contribution < -0.4 is 4.74 Å². The van der Waals surface area contributed by atoms with E-state index in [-0.39, 0.29) is 18.8 Å². The molecule has 0 fully saturated rings. The van der Waals surface area contributed by atoms with Crippen LogP contribution in [-0.4, -0.2) is 23.8 Å². The lowest BCUT2D eigenvalue weighted by molar-refractivity contribution is 0.0515. The van der Waals surface area contributed by atoms with Crippen LogP contribution in [0.2, 0.25) is 5.02 Å². The summed E-state index contributed by atoms with van der Waals surface area (Å²) in [6.07, 6.45) is 4.35. The van der Waals surface area contributed by atoms with Crippen molar-refractivity contribution in [2.75, 3.05) is 12.9 Å². The molecule has 1 heterocycles. The summed E-state index contributed by atoms with van der Waals surface area (Å²) in [6, 6.07) is 12.5. The van der Waals surface area contributed by atoms with Gasteiger partial charge in [-0.2, -0.15) is 0 Å². The predicted molar refractivity (Wildman–Crippen MR) is 135 cm³/mol. The molecule has 2 aromatic carbocycles. The Morgan fingerprint density at radius 3 is 2.63 bits per heavy atom. The maximum Gasteiger partial charge on any atom is 0.358 e. The fourth-order valence-electron chi connectivity index (χ4n) is 4.11. The third-order valence-electron chi connectivity index (χ3n) is 5.74. The normalized spacial score (nSPS) is 13.3. The van der Waals surface area contributed by atoms with Gasteiger partial charge < -0.3 is 9.47 Å². The number of esters is 1. The number of pyridine rings is 1. The second kappa shape index (κ2) is 11.2. The van der Waals surface area contributed by atoms with Crippen LogP contribution in [0.3, 0.4) is 0 Å². The van der Waals surface area contributed by atoms with E-state index >= 15 is 0 Å². The lowest BCUT2D eigenvalue weighted by Gasteiger charge is -2.16. The minimum absolute atomic E-state index is 0.0585. The summed E-state index contributed by atoms with van der Waals surface area (Å²) < 4.78 is 38.6. The van der Waals surface area contributed by atoms with Crippen LogP contribution in [0, 0.1) is 11.6 Å². The number of rotatable bonds is 8. The molecule has 4 nitrogen and oxygen atoms in total. The zero-order valence-corrected chi connectivity index (χ0v) is 20.9. The molecule has 4 rings (SSSR count). The van der Waals surface area contributed by atoms with Gasteiger partial charge in [-0.25, -0.2) is 18.6 Å². The number of aromatic nitrogens is 1. The van der Waals surface area contributed by atoms with Crippen LogP contribution in [0.15, 0.2) is 53.4 Å². The Hall–Kier alpha value is -2.90. The number of thioether (sulfide) groups is 1. The molecule has 8 heteroatoms. The lowest BCUT2D eigenvalue weighted by atomic mass is 9.98. The molecular weight excluding hydrogens is 492 g/mol. The van der Waals surface area contributed by atoms with E-state index in [9.17, 15) is 13.6 Å². The van der Waals surface area contributed by atoms with Gasteiger partial charge >= 0.3 is 5.97 Å². The number of hydrogen-bond acceptors (Lipinski definition) is 5. The summed E-state index contributed by atoms with van der Waals surface area (Å²) in [4.78, 5) is 17.9. The average Bonchev–Trinajstić information content (AvgIpc) is 3.33. The highest BCUT2D eigenvalue weighted by atomic mass is 35.5. The first kappa shape index (κ1) is 25.2. The van der Waals surface area contributed by atoms with Crippen molar-refractivity contribution in [1.82, 2.24) is 4.98 Å². The summed E-state index contributed by atoms with van der Waals surface area (Å²) in [5.74, 6) is -1.21. The number of ether oxygens (including phenoxy) is 2. The highest BCUT2D eigenvalue weighted by Gasteiger charge is 2.24.